The van der Waals surface area contributed by atoms with Gasteiger partial charge in [-0.05, 0) is 26.0 Å². The Morgan fingerprint density at radius 3 is 2.50 bits per heavy atom. The van der Waals surface area contributed by atoms with Crippen molar-refractivity contribution in [2.45, 2.75) is 13.8 Å². The van der Waals surface area contributed by atoms with Crippen LogP contribution in [0.1, 0.15) is 22.8 Å². The van der Waals surface area contributed by atoms with Crippen LogP contribution in [0.4, 0.5) is 5.82 Å². The van der Waals surface area contributed by atoms with Gasteiger partial charge in [-0.3, -0.25) is 4.79 Å². The summed E-state index contributed by atoms with van der Waals surface area (Å²) in [6.45, 7) is 3.81. The third kappa shape index (κ3) is 3.93. The maximum atomic E-state index is 12.1. The number of benzene rings is 1. The van der Waals surface area contributed by atoms with Crippen molar-refractivity contribution in [3.8, 4) is 0 Å². The first-order valence-electron chi connectivity index (χ1n) is 6.22. The summed E-state index contributed by atoms with van der Waals surface area (Å²) in [6, 6.07) is 11.0. The molecule has 2 aromatic rings. The number of rotatable bonds is 4. The highest BCUT2D eigenvalue weighted by Crippen LogP contribution is 2.12. The van der Waals surface area contributed by atoms with Crippen LogP contribution >= 0.6 is 11.6 Å². The third-order valence-electron chi connectivity index (χ3n) is 2.74. The quantitative estimate of drug-likeness (QED) is 0.675. The number of hydrogen-bond donors (Lipinski definition) is 1. The van der Waals surface area contributed by atoms with Gasteiger partial charge < -0.3 is 5.32 Å². The van der Waals surface area contributed by atoms with Gasteiger partial charge in [0.15, 0.2) is 5.78 Å². The predicted octanol–water partition coefficient (Wildman–Crippen LogP) is 4.24. The van der Waals surface area contributed by atoms with Crippen LogP contribution in [0.25, 0.3) is 0 Å². The Kier molecular flexibility index (Phi) is 4.53. The minimum absolute atomic E-state index is 0.0380. The first kappa shape index (κ1) is 14.3. The number of aromatic nitrogens is 1. The predicted molar refractivity (Wildman–Crippen MR) is 82.1 cm³/mol. The van der Waals surface area contributed by atoms with Gasteiger partial charge >= 0.3 is 0 Å². The number of anilines is 1. The summed E-state index contributed by atoms with van der Waals surface area (Å²) in [4.78, 5) is 16.2. The number of allylic oxidation sites excluding steroid dienone is 2. The zero-order chi connectivity index (χ0) is 14.5. The summed E-state index contributed by atoms with van der Waals surface area (Å²) in [6.07, 6.45) is 3.11. The lowest BCUT2D eigenvalue weighted by molar-refractivity contribution is 0.104. The average molecular weight is 287 g/mol. The summed E-state index contributed by atoms with van der Waals surface area (Å²) in [5.74, 6) is 0.615. The summed E-state index contributed by atoms with van der Waals surface area (Å²) in [5, 5.41) is 3.63. The molecule has 0 saturated carbocycles. The van der Waals surface area contributed by atoms with Crippen LogP contribution in [-0.4, -0.2) is 10.8 Å². The van der Waals surface area contributed by atoms with Crippen LogP contribution in [0.2, 0.25) is 5.02 Å². The SMILES string of the molecule is C/C(=C\C(=O)c1ccc(C)cc1)Nc1ccc(Cl)cn1. The van der Waals surface area contributed by atoms with Crippen LogP contribution in [0.5, 0.6) is 0 Å². The van der Waals surface area contributed by atoms with Crippen LogP contribution in [0.15, 0.2) is 54.4 Å². The number of pyridine rings is 1. The molecule has 2 rings (SSSR count). The second kappa shape index (κ2) is 6.35. The molecular weight excluding hydrogens is 272 g/mol. The molecule has 1 aromatic heterocycles. The summed E-state index contributed by atoms with van der Waals surface area (Å²) in [5.41, 5.74) is 2.52. The third-order valence-corrected chi connectivity index (χ3v) is 2.96. The van der Waals surface area contributed by atoms with E-state index >= 15 is 0 Å². The maximum Gasteiger partial charge on any atom is 0.187 e. The van der Waals surface area contributed by atoms with Crippen LogP contribution in [0.3, 0.4) is 0 Å². The van der Waals surface area contributed by atoms with Crippen molar-refractivity contribution in [1.29, 1.82) is 0 Å². The second-order valence-electron chi connectivity index (χ2n) is 4.54. The number of carbonyl (C=O) groups is 1. The van der Waals surface area contributed by atoms with E-state index in [4.69, 9.17) is 11.6 Å². The topological polar surface area (TPSA) is 42.0 Å². The van der Waals surface area contributed by atoms with Crippen LogP contribution in [0, 0.1) is 6.92 Å². The number of hydrogen-bond acceptors (Lipinski definition) is 3. The van der Waals surface area contributed by atoms with Crippen molar-refractivity contribution < 1.29 is 4.79 Å². The molecule has 0 bridgehead atoms. The fourth-order valence-electron chi connectivity index (χ4n) is 1.69. The number of carbonyl (C=O) groups excluding carboxylic acids is 1. The van der Waals surface area contributed by atoms with Gasteiger partial charge in [0.25, 0.3) is 0 Å². The second-order valence-corrected chi connectivity index (χ2v) is 4.98. The molecule has 0 saturated heterocycles. The van der Waals surface area contributed by atoms with E-state index in [9.17, 15) is 4.79 Å². The van der Waals surface area contributed by atoms with E-state index in [2.05, 4.69) is 10.3 Å². The van der Waals surface area contributed by atoms with Gasteiger partial charge in [-0.2, -0.15) is 0 Å². The van der Waals surface area contributed by atoms with E-state index in [1.54, 1.807) is 24.4 Å². The first-order valence-corrected chi connectivity index (χ1v) is 6.60. The molecule has 0 aliphatic rings. The van der Waals surface area contributed by atoms with Crippen molar-refractivity contribution in [2.75, 3.05) is 5.32 Å². The molecule has 0 amide bonds. The number of aryl methyl sites for hydroxylation is 1. The lowest BCUT2D eigenvalue weighted by atomic mass is 10.1. The average Bonchev–Trinajstić information content (AvgIpc) is 2.42. The van der Waals surface area contributed by atoms with Gasteiger partial charge in [-0.25, -0.2) is 4.98 Å². The van der Waals surface area contributed by atoms with Crippen molar-refractivity contribution in [3.05, 3.63) is 70.5 Å². The standard InChI is InChI=1S/C16H15ClN2O/c1-11-3-5-13(6-4-11)15(20)9-12(2)19-16-8-7-14(17)10-18-16/h3-10H,1-2H3,(H,18,19)/b12-9+. The monoisotopic (exact) mass is 286 g/mol. The number of ketones is 1. The molecule has 1 N–H and O–H groups in total. The molecule has 102 valence electrons. The zero-order valence-electron chi connectivity index (χ0n) is 11.4. The molecule has 3 nitrogen and oxygen atoms in total. The Morgan fingerprint density at radius 2 is 1.90 bits per heavy atom. The smallest absolute Gasteiger partial charge is 0.187 e. The summed E-state index contributed by atoms with van der Waals surface area (Å²) < 4.78 is 0. The zero-order valence-corrected chi connectivity index (χ0v) is 12.1. The Hall–Kier alpha value is -2.13. The molecule has 0 spiro atoms. The minimum atomic E-state index is -0.0380. The fourth-order valence-corrected chi connectivity index (χ4v) is 1.80. The van der Waals surface area contributed by atoms with Crippen LogP contribution in [-0.2, 0) is 0 Å². The number of nitrogens with zero attached hydrogens (tertiary/aromatic N) is 1. The van der Waals surface area contributed by atoms with Gasteiger partial charge in [0.1, 0.15) is 5.82 Å². The molecular formula is C16H15ClN2O. The molecule has 0 aliphatic carbocycles. The lowest BCUT2D eigenvalue weighted by Crippen LogP contribution is -2.02. The van der Waals surface area contributed by atoms with Gasteiger partial charge in [0.05, 0.1) is 5.02 Å². The van der Waals surface area contributed by atoms with Crippen molar-refractivity contribution in [3.63, 3.8) is 0 Å². The molecule has 4 heteroatoms. The fraction of sp³-hybridized carbons (Fsp3) is 0.125. The summed E-state index contributed by atoms with van der Waals surface area (Å²) in [7, 11) is 0. The first-order chi connectivity index (χ1) is 9.54. The van der Waals surface area contributed by atoms with Gasteiger partial charge in [0.2, 0.25) is 0 Å². The number of halogens is 1. The van der Waals surface area contributed by atoms with E-state index in [1.165, 1.54) is 0 Å². The van der Waals surface area contributed by atoms with Crippen molar-refractivity contribution in [1.82, 2.24) is 4.98 Å². The van der Waals surface area contributed by atoms with E-state index < -0.39 is 0 Å². The Labute approximate surface area is 123 Å². The Bertz CT molecular complexity index is 631. The molecule has 0 fully saturated rings. The highest BCUT2D eigenvalue weighted by Gasteiger charge is 2.03. The number of nitrogens with one attached hydrogen (secondary N) is 1. The van der Waals surface area contributed by atoms with Gasteiger partial charge in [-0.1, -0.05) is 41.4 Å². The van der Waals surface area contributed by atoms with Crippen LogP contribution < -0.4 is 5.32 Å². The molecule has 1 aromatic carbocycles. The van der Waals surface area contributed by atoms with E-state index in [1.807, 2.05) is 38.1 Å². The van der Waals surface area contributed by atoms with E-state index in [0.717, 1.165) is 11.3 Å². The van der Waals surface area contributed by atoms with Crippen molar-refractivity contribution in [2.24, 2.45) is 0 Å². The molecule has 1 heterocycles. The molecule has 0 aliphatic heterocycles. The minimum Gasteiger partial charge on any atom is -0.344 e. The summed E-state index contributed by atoms with van der Waals surface area (Å²) >= 11 is 5.77. The molecule has 20 heavy (non-hydrogen) atoms. The van der Waals surface area contributed by atoms with Crippen molar-refractivity contribution >= 4 is 23.2 Å². The molecule has 0 atom stereocenters. The van der Waals surface area contributed by atoms with E-state index in [-0.39, 0.29) is 5.78 Å². The highest BCUT2D eigenvalue weighted by atomic mass is 35.5. The maximum absolute atomic E-state index is 12.1. The molecule has 0 unspecified atom stereocenters. The largest absolute Gasteiger partial charge is 0.344 e. The van der Waals surface area contributed by atoms with E-state index in [0.29, 0.717) is 16.4 Å². The lowest BCUT2D eigenvalue weighted by Gasteiger charge is -2.05. The Morgan fingerprint density at radius 1 is 1.20 bits per heavy atom. The Balaban J connectivity index is 2.07. The normalized spacial score (nSPS) is 11.2. The molecule has 0 radical (unpaired) electrons. The van der Waals surface area contributed by atoms with Gasteiger partial charge in [0, 0.05) is 23.5 Å². The highest BCUT2D eigenvalue weighted by molar-refractivity contribution is 6.30. The van der Waals surface area contributed by atoms with Gasteiger partial charge in [-0.15, -0.1) is 0 Å².